The molecule has 2 N–H and O–H groups in total. The van der Waals surface area contributed by atoms with Gasteiger partial charge in [0.15, 0.2) is 10.9 Å². The van der Waals surface area contributed by atoms with E-state index in [1.54, 1.807) is 24.4 Å². The number of amides is 1. The molecule has 30 heavy (non-hydrogen) atoms. The first-order valence-corrected chi connectivity index (χ1v) is 9.41. The van der Waals surface area contributed by atoms with Crippen molar-refractivity contribution in [2.45, 2.75) is 0 Å². The predicted octanol–water partition coefficient (Wildman–Crippen LogP) is 4.76. The zero-order valence-electron chi connectivity index (χ0n) is 15.9. The number of carbonyl (C=O) groups is 1. The highest BCUT2D eigenvalue weighted by atomic mass is 32.1. The number of furan rings is 1. The van der Waals surface area contributed by atoms with Crippen LogP contribution in [0.3, 0.4) is 0 Å². The summed E-state index contributed by atoms with van der Waals surface area (Å²) in [7, 11) is 1.50. The molecule has 0 saturated carbocycles. The second kappa shape index (κ2) is 8.62. The fourth-order valence-electron chi connectivity index (χ4n) is 2.80. The molecule has 2 aromatic carbocycles. The third-order valence-electron chi connectivity index (χ3n) is 4.12. The summed E-state index contributed by atoms with van der Waals surface area (Å²) < 4.78 is 16.6. The first-order valence-electron chi connectivity index (χ1n) is 9.00. The van der Waals surface area contributed by atoms with Crippen molar-refractivity contribution in [1.29, 1.82) is 0 Å². The topological polar surface area (TPSA) is 85.6 Å². The Bertz CT molecular complexity index is 1210. The highest BCUT2D eigenvalue weighted by Gasteiger charge is 2.16. The second-order valence-corrected chi connectivity index (χ2v) is 6.60. The molecule has 1 amide bonds. The Labute approximate surface area is 177 Å². The van der Waals surface area contributed by atoms with Crippen LogP contribution in [0.5, 0.6) is 17.4 Å². The van der Waals surface area contributed by atoms with Crippen molar-refractivity contribution in [2.24, 2.45) is 0 Å². The summed E-state index contributed by atoms with van der Waals surface area (Å²) >= 11 is 5.25. The number of hydrogen-bond donors (Lipinski definition) is 2. The molecule has 2 aromatic heterocycles. The number of methoxy groups -OCH3 is 1. The van der Waals surface area contributed by atoms with E-state index in [0.29, 0.717) is 28.3 Å². The molecule has 7 nitrogen and oxygen atoms in total. The van der Waals surface area contributed by atoms with Gasteiger partial charge in [-0.15, -0.1) is 0 Å². The molecular weight excluding hydrogens is 402 g/mol. The Hall–Kier alpha value is -3.91. The Kier molecular flexibility index (Phi) is 5.58. The third-order valence-corrected chi connectivity index (χ3v) is 4.33. The van der Waals surface area contributed by atoms with Crippen LogP contribution in [-0.4, -0.2) is 23.1 Å². The number of para-hydroxylation sites is 1. The number of benzene rings is 2. The molecule has 150 valence electrons. The quantitative estimate of drug-likeness (QED) is 0.451. The SMILES string of the molecule is COc1nccc2oc(C(=O)NC(=S)Nc3cccc(Oc4ccccc4)c3)cc12. The van der Waals surface area contributed by atoms with E-state index in [4.69, 9.17) is 26.1 Å². The van der Waals surface area contributed by atoms with E-state index in [0.717, 1.165) is 5.75 Å². The second-order valence-electron chi connectivity index (χ2n) is 6.19. The predicted molar refractivity (Wildman–Crippen MR) is 117 cm³/mol. The monoisotopic (exact) mass is 419 g/mol. The molecule has 4 rings (SSSR count). The number of fused-ring (bicyclic) bond motifs is 1. The maximum atomic E-state index is 12.5. The lowest BCUT2D eigenvalue weighted by molar-refractivity contribution is 0.0953. The maximum Gasteiger partial charge on any atom is 0.293 e. The van der Waals surface area contributed by atoms with Crippen LogP contribution < -0.4 is 20.1 Å². The minimum Gasteiger partial charge on any atom is -0.480 e. The van der Waals surface area contributed by atoms with E-state index >= 15 is 0 Å². The molecular formula is C22H17N3O4S. The van der Waals surface area contributed by atoms with Gasteiger partial charge in [-0.3, -0.25) is 10.1 Å². The van der Waals surface area contributed by atoms with Crippen molar-refractivity contribution in [1.82, 2.24) is 10.3 Å². The Morgan fingerprint density at radius 3 is 2.63 bits per heavy atom. The van der Waals surface area contributed by atoms with Gasteiger partial charge in [0.25, 0.3) is 5.91 Å². The Morgan fingerprint density at radius 2 is 1.83 bits per heavy atom. The summed E-state index contributed by atoms with van der Waals surface area (Å²) in [4.78, 5) is 16.6. The number of thiocarbonyl (C=S) groups is 1. The molecule has 0 fully saturated rings. The summed E-state index contributed by atoms with van der Waals surface area (Å²) in [5.74, 6) is 1.35. The van der Waals surface area contributed by atoms with Gasteiger partial charge in [0.1, 0.15) is 17.1 Å². The molecule has 0 spiro atoms. The van der Waals surface area contributed by atoms with Crippen LogP contribution in [0.25, 0.3) is 11.0 Å². The standard InChI is InChI=1S/C22H17N3O4S/c1-27-21-17-13-19(29-18(17)10-11-23-21)20(26)25-22(30)24-14-6-5-9-16(12-14)28-15-7-3-2-4-8-15/h2-13H,1H3,(H2,24,25,26,30). The number of pyridine rings is 1. The van der Waals surface area contributed by atoms with Gasteiger partial charge in [0, 0.05) is 30.1 Å². The van der Waals surface area contributed by atoms with Crippen LogP contribution in [0, 0.1) is 0 Å². The van der Waals surface area contributed by atoms with E-state index in [1.807, 2.05) is 48.5 Å². The number of carbonyl (C=O) groups excluding carboxylic acids is 1. The molecule has 8 heteroatoms. The number of aromatic nitrogens is 1. The summed E-state index contributed by atoms with van der Waals surface area (Å²) in [6, 6.07) is 19.9. The van der Waals surface area contributed by atoms with Crippen LogP contribution in [-0.2, 0) is 0 Å². The van der Waals surface area contributed by atoms with Crippen molar-refractivity contribution in [3.8, 4) is 17.4 Å². The smallest absolute Gasteiger partial charge is 0.293 e. The third kappa shape index (κ3) is 4.39. The van der Waals surface area contributed by atoms with Crippen LogP contribution >= 0.6 is 12.2 Å². The van der Waals surface area contributed by atoms with Gasteiger partial charge >= 0.3 is 0 Å². The summed E-state index contributed by atoms with van der Waals surface area (Å²) in [6.07, 6.45) is 1.54. The normalized spacial score (nSPS) is 10.4. The fraction of sp³-hybridized carbons (Fsp3) is 0.0455. The molecule has 0 atom stereocenters. The van der Waals surface area contributed by atoms with Crippen LogP contribution in [0.2, 0.25) is 0 Å². The average molecular weight is 419 g/mol. The first kappa shape index (κ1) is 19.4. The molecule has 0 unspecified atom stereocenters. The van der Waals surface area contributed by atoms with Gasteiger partial charge in [0.2, 0.25) is 5.88 Å². The molecule has 0 aliphatic heterocycles. The van der Waals surface area contributed by atoms with Gasteiger partial charge in [0.05, 0.1) is 12.5 Å². The van der Waals surface area contributed by atoms with Crippen molar-refractivity contribution in [3.63, 3.8) is 0 Å². The molecule has 2 heterocycles. The van der Waals surface area contributed by atoms with Crippen LogP contribution in [0.15, 0.2) is 77.3 Å². The highest BCUT2D eigenvalue weighted by molar-refractivity contribution is 7.80. The average Bonchev–Trinajstić information content (AvgIpc) is 3.19. The van der Waals surface area contributed by atoms with Crippen molar-refractivity contribution in [3.05, 3.63) is 78.7 Å². The van der Waals surface area contributed by atoms with E-state index in [9.17, 15) is 4.79 Å². The van der Waals surface area contributed by atoms with E-state index in [2.05, 4.69) is 15.6 Å². The molecule has 0 aliphatic carbocycles. The fourth-order valence-corrected chi connectivity index (χ4v) is 3.01. The zero-order chi connectivity index (χ0) is 20.9. The van der Waals surface area contributed by atoms with Gasteiger partial charge in [-0.05, 0) is 36.5 Å². The number of ether oxygens (including phenoxy) is 2. The lowest BCUT2D eigenvalue weighted by Crippen LogP contribution is -2.33. The van der Waals surface area contributed by atoms with Crippen LogP contribution in [0.1, 0.15) is 10.6 Å². The molecule has 0 saturated heterocycles. The van der Waals surface area contributed by atoms with Crippen molar-refractivity contribution >= 4 is 39.9 Å². The number of nitrogens with zero attached hydrogens (tertiary/aromatic N) is 1. The molecule has 0 radical (unpaired) electrons. The number of rotatable bonds is 5. The summed E-state index contributed by atoms with van der Waals surface area (Å²) in [5, 5.41) is 6.30. The van der Waals surface area contributed by atoms with Gasteiger partial charge in [-0.25, -0.2) is 4.98 Å². The lowest BCUT2D eigenvalue weighted by atomic mass is 10.3. The van der Waals surface area contributed by atoms with Crippen LogP contribution in [0.4, 0.5) is 5.69 Å². The molecule has 4 aromatic rings. The zero-order valence-corrected chi connectivity index (χ0v) is 16.7. The lowest BCUT2D eigenvalue weighted by Gasteiger charge is -2.10. The van der Waals surface area contributed by atoms with Crippen molar-refractivity contribution in [2.75, 3.05) is 12.4 Å². The minimum absolute atomic E-state index is 0.0987. The van der Waals surface area contributed by atoms with E-state index in [-0.39, 0.29) is 10.9 Å². The van der Waals surface area contributed by atoms with Crippen molar-refractivity contribution < 1.29 is 18.7 Å². The first-order chi connectivity index (χ1) is 14.6. The summed E-state index contributed by atoms with van der Waals surface area (Å²) in [5.41, 5.74) is 1.17. The Morgan fingerprint density at radius 1 is 1.03 bits per heavy atom. The van der Waals surface area contributed by atoms with Gasteiger partial charge in [-0.2, -0.15) is 0 Å². The molecule has 0 aliphatic rings. The summed E-state index contributed by atoms with van der Waals surface area (Å²) in [6.45, 7) is 0. The van der Waals surface area contributed by atoms with Gasteiger partial charge < -0.3 is 19.2 Å². The van der Waals surface area contributed by atoms with Gasteiger partial charge in [-0.1, -0.05) is 24.3 Å². The number of nitrogens with one attached hydrogen (secondary N) is 2. The highest BCUT2D eigenvalue weighted by Crippen LogP contribution is 2.26. The Balaban J connectivity index is 1.42. The minimum atomic E-state index is -0.484. The largest absolute Gasteiger partial charge is 0.480 e. The molecule has 0 bridgehead atoms. The number of anilines is 1. The van der Waals surface area contributed by atoms with E-state index < -0.39 is 5.91 Å². The van der Waals surface area contributed by atoms with E-state index in [1.165, 1.54) is 7.11 Å². The maximum absolute atomic E-state index is 12.5. The number of hydrogen-bond acceptors (Lipinski definition) is 6.